The maximum atomic E-state index is 13.9. The molecule has 3 heterocycles. The van der Waals surface area contributed by atoms with Gasteiger partial charge >= 0.3 is 6.18 Å². The number of carbonyl (C=O) groups is 1. The molecule has 0 spiro atoms. The number of hydrogen-bond acceptors (Lipinski definition) is 6. The van der Waals surface area contributed by atoms with Crippen molar-refractivity contribution in [1.29, 1.82) is 0 Å². The molecule has 2 aliphatic rings. The zero-order valence-corrected chi connectivity index (χ0v) is 17.7. The van der Waals surface area contributed by atoms with Crippen molar-refractivity contribution in [3.8, 4) is 11.5 Å². The van der Waals surface area contributed by atoms with Crippen LogP contribution in [-0.2, 0) is 4.74 Å². The summed E-state index contributed by atoms with van der Waals surface area (Å²) in [6.07, 6.45) is -1.98. The molecule has 8 nitrogen and oxygen atoms in total. The van der Waals surface area contributed by atoms with Gasteiger partial charge in [0.1, 0.15) is 11.4 Å². The van der Waals surface area contributed by atoms with Gasteiger partial charge in [-0.3, -0.25) is 4.79 Å². The number of rotatable bonds is 6. The Hall–Kier alpha value is -2.95. The monoisotopic (exact) mass is 454 g/mol. The Morgan fingerprint density at radius 2 is 2.09 bits per heavy atom. The van der Waals surface area contributed by atoms with Crippen molar-refractivity contribution in [2.75, 3.05) is 32.7 Å². The highest BCUT2D eigenvalue weighted by Gasteiger charge is 2.47. The Morgan fingerprint density at radius 3 is 2.75 bits per heavy atom. The second-order valence-electron chi connectivity index (χ2n) is 7.80. The van der Waals surface area contributed by atoms with E-state index in [1.54, 1.807) is 18.2 Å². The highest BCUT2D eigenvalue weighted by atomic mass is 19.4. The van der Waals surface area contributed by atoms with Crippen molar-refractivity contribution in [2.24, 2.45) is 0 Å². The maximum absolute atomic E-state index is 13.9. The van der Waals surface area contributed by atoms with E-state index in [0.29, 0.717) is 30.2 Å². The average molecular weight is 454 g/mol. The Balaban J connectivity index is 1.63. The largest absolute Gasteiger partial charge is 0.493 e. The summed E-state index contributed by atoms with van der Waals surface area (Å²) in [5, 5.41) is 9.71. The molecule has 11 heteroatoms. The molecule has 32 heavy (non-hydrogen) atoms. The third-order valence-electron chi connectivity index (χ3n) is 5.81. The minimum atomic E-state index is -4.54. The normalized spacial score (nSPS) is 22.7. The number of aromatic nitrogens is 2. The van der Waals surface area contributed by atoms with Crippen LogP contribution in [0.1, 0.15) is 47.3 Å². The molecule has 174 valence electrons. The predicted molar refractivity (Wildman–Crippen MR) is 109 cm³/mol. The highest BCUT2D eigenvalue weighted by molar-refractivity contribution is 5.98. The lowest BCUT2D eigenvalue weighted by atomic mass is 9.96. The van der Waals surface area contributed by atoms with E-state index in [1.807, 2.05) is 0 Å². The number of carbonyl (C=O) groups excluding carboxylic acids is 1. The van der Waals surface area contributed by atoms with E-state index in [4.69, 9.17) is 14.2 Å². The molecule has 1 saturated heterocycles. The predicted octanol–water partition coefficient (Wildman–Crippen LogP) is 3.47. The molecule has 0 unspecified atom stereocenters. The summed E-state index contributed by atoms with van der Waals surface area (Å²) in [5.74, 6) is 0.411. The van der Waals surface area contributed by atoms with Crippen molar-refractivity contribution >= 4 is 11.7 Å². The molecule has 0 aliphatic carbocycles. The van der Waals surface area contributed by atoms with Gasteiger partial charge in [-0.25, -0.2) is 4.68 Å². The SMILES string of the molecule is COc1ccc([C@@H]2C[C@@H](C(F)(F)F)n3ncc(C(=O)NC[C@@H]4CCCO4)c3N2)cc1OC. The van der Waals surface area contributed by atoms with E-state index in [1.165, 1.54) is 20.4 Å². The fraction of sp³-hybridized carbons (Fsp3) is 0.524. The molecule has 2 aliphatic heterocycles. The van der Waals surface area contributed by atoms with E-state index in [2.05, 4.69) is 15.7 Å². The van der Waals surface area contributed by atoms with Crippen LogP contribution in [0.15, 0.2) is 24.4 Å². The lowest BCUT2D eigenvalue weighted by Gasteiger charge is -2.34. The Bertz CT molecular complexity index is 972. The quantitative estimate of drug-likeness (QED) is 0.695. The minimum absolute atomic E-state index is 0.0307. The van der Waals surface area contributed by atoms with Gasteiger partial charge in [-0.05, 0) is 30.5 Å². The summed E-state index contributed by atoms with van der Waals surface area (Å²) in [5.41, 5.74) is 0.637. The van der Waals surface area contributed by atoms with Crippen LogP contribution in [0.2, 0.25) is 0 Å². The number of ether oxygens (including phenoxy) is 3. The van der Waals surface area contributed by atoms with Crippen molar-refractivity contribution in [2.45, 2.75) is 43.6 Å². The molecular weight excluding hydrogens is 429 g/mol. The Morgan fingerprint density at radius 1 is 1.31 bits per heavy atom. The number of anilines is 1. The molecule has 0 bridgehead atoms. The summed E-state index contributed by atoms with van der Waals surface area (Å²) in [6.45, 7) is 0.941. The van der Waals surface area contributed by atoms with Crippen LogP contribution in [0.3, 0.4) is 0 Å². The van der Waals surface area contributed by atoms with Crippen molar-refractivity contribution in [3.63, 3.8) is 0 Å². The molecule has 4 rings (SSSR count). The number of hydrogen-bond donors (Lipinski definition) is 2. The molecule has 1 amide bonds. The van der Waals surface area contributed by atoms with Gasteiger partial charge < -0.3 is 24.8 Å². The van der Waals surface area contributed by atoms with Gasteiger partial charge in [-0.2, -0.15) is 18.3 Å². The summed E-state index contributed by atoms with van der Waals surface area (Å²) in [4.78, 5) is 12.7. The van der Waals surface area contributed by atoms with Crippen LogP contribution >= 0.6 is 0 Å². The first-order valence-electron chi connectivity index (χ1n) is 10.3. The van der Waals surface area contributed by atoms with Gasteiger partial charge in [0.05, 0.1) is 32.6 Å². The molecule has 3 atom stereocenters. The van der Waals surface area contributed by atoms with Gasteiger partial charge in [0.25, 0.3) is 5.91 Å². The highest BCUT2D eigenvalue weighted by Crippen LogP contribution is 2.45. The lowest BCUT2D eigenvalue weighted by molar-refractivity contribution is -0.173. The summed E-state index contributed by atoms with van der Waals surface area (Å²) in [7, 11) is 2.94. The molecular formula is C21H25F3N4O4. The molecule has 0 saturated carbocycles. The van der Waals surface area contributed by atoms with Gasteiger partial charge in [-0.1, -0.05) is 6.07 Å². The van der Waals surface area contributed by atoms with Crippen LogP contribution < -0.4 is 20.1 Å². The standard InChI is InChI=1S/C21H25F3N4O4/c1-30-16-6-5-12(8-17(16)31-2)15-9-18(21(22,23)24)28-19(27-15)14(11-26-28)20(29)25-10-13-4-3-7-32-13/h5-6,8,11,13,15,18,27H,3-4,7,9-10H2,1-2H3,(H,25,29)/t13-,15-,18-/m0/s1. The summed E-state index contributed by atoms with van der Waals surface area (Å²) in [6, 6.07) is 2.36. The average Bonchev–Trinajstić information content (AvgIpc) is 3.45. The number of nitrogens with one attached hydrogen (secondary N) is 2. The van der Waals surface area contributed by atoms with Crippen molar-refractivity contribution in [1.82, 2.24) is 15.1 Å². The van der Waals surface area contributed by atoms with E-state index >= 15 is 0 Å². The number of halogens is 3. The molecule has 2 aromatic rings. The molecule has 2 N–H and O–H groups in total. The zero-order chi connectivity index (χ0) is 22.9. The second-order valence-corrected chi connectivity index (χ2v) is 7.80. The molecule has 1 aromatic heterocycles. The Kier molecular flexibility index (Phi) is 6.18. The van der Waals surface area contributed by atoms with Crippen molar-refractivity contribution in [3.05, 3.63) is 35.5 Å². The fourth-order valence-electron chi connectivity index (χ4n) is 4.12. The number of methoxy groups -OCH3 is 2. The molecule has 1 fully saturated rings. The van der Waals surface area contributed by atoms with E-state index < -0.39 is 24.2 Å². The number of amides is 1. The van der Waals surface area contributed by atoms with Gasteiger partial charge in [0.15, 0.2) is 17.5 Å². The van der Waals surface area contributed by atoms with E-state index in [9.17, 15) is 18.0 Å². The molecule has 0 radical (unpaired) electrons. The maximum Gasteiger partial charge on any atom is 0.410 e. The lowest BCUT2D eigenvalue weighted by Crippen LogP contribution is -2.37. The van der Waals surface area contributed by atoms with Crippen LogP contribution in [0.5, 0.6) is 11.5 Å². The number of benzene rings is 1. The Labute approximate surface area is 183 Å². The van der Waals surface area contributed by atoms with Crippen LogP contribution in [0.4, 0.5) is 19.0 Å². The fourth-order valence-corrected chi connectivity index (χ4v) is 4.12. The van der Waals surface area contributed by atoms with Gasteiger partial charge in [-0.15, -0.1) is 0 Å². The summed E-state index contributed by atoms with van der Waals surface area (Å²) < 4.78 is 58.5. The topological polar surface area (TPSA) is 86.6 Å². The number of fused-ring (bicyclic) bond motifs is 1. The summed E-state index contributed by atoms with van der Waals surface area (Å²) >= 11 is 0. The van der Waals surface area contributed by atoms with Crippen LogP contribution in [0, 0.1) is 0 Å². The van der Waals surface area contributed by atoms with E-state index in [-0.39, 0.29) is 23.9 Å². The third kappa shape index (κ3) is 4.34. The smallest absolute Gasteiger partial charge is 0.410 e. The van der Waals surface area contributed by atoms with E-state index in [0.717, 1.165) is 17.5 Å². The second kappa shape index (κ2) is 8.89. The number of alkyl halides is 3. The van der Waals surface area contributed by atoms with Crippen LogP contribution in [0.25, 0.3) is 0 Å². The van der Waals surface area contributed by atoms with Crippen molar-refractivity contribution < 1.29 is 32.2 Å². The first kappa shape index (κ1) is 22.3. The van der Waals surface area contributed by atoms with Gasteiger partial charge in [0.2, 0.25) is 0 Å². The van der Waals surface area contributed by atoms with Crippen LogP contribution in [-0.4, -0.2) is 55.3 Å². The van der Waals surface area contributed by atoms with Gasteiger partial charge in [0, 0.05) is 19.6 Å². The minimum Gasteiger partial charge on any atom is -0.493 e. The molecule has 1 aromatic carbocycles. The first-order chi connectivity index (χ1) is 15.3. The first-order valence-corrected chi connectivity index (χ1v) is 10.3. The third-order valence-corrected chi connectivity index (χ3v) is 5.81. The number of nitrogens with zero attached hydrogens (tertiary/aromatic N) is 2. The zero-order valence-electron chi connectivity index (χ0n) is 17.7.